The summed E-state index contributed by atoms with van der Waals surface area (Å²) in [5.74, 6) is -1.67. The van der Waals surface area contributed by atoms with E-state index in [-0.39, 0.29) is 21.9 Å². The Labute approximate surface area is 113 Å². The van der Waals surface area contributed by atoms with Gasteiger partial charge in [-0.15, -0.1) is 0 Å². The zero-order valence-corrected chi connectivity index (χ0v) is 10.4. The lowest BCUT2D eigenvalue weighted by Gasteiger charge is -2.08. The number of hydrogen-bond donors (Lipinski definition) is 0. The van der Waals surface area contributed by atoms with Crippen molar-refractivity contribution >= 4 is 23.9 Å². The van der Waals surface area contributed by atoms with Crippen LogP contribution in [0.25, 0.3) is 0 Å². The molecule has 0 N–H and O–H groups in total. The fourth-order valence-electron chi connectivity index (χ4n) is 1.51. The van der Waals surface area contributed by atoms with Crippen LogP contribution in [0.1, 0.15) is 20.7 Å². The van der Waals surface area contributed by atoms with Gasteiger partial charge in [-0.3, -0.25) is 4.79 Å². The molecule has 0 unspecified atom stereocenters. The summed E-state index contributed by atoms with van der Waals surface area (Å²) in [6.07, 6.45) is 0.547. The highest BCUT2D eigenvalue weighted by molar-refractivity contribution is 6.33. The Morgan fingerprint density at radius 1 is 1.16 bits per heavy atom. The summed E-state index contributed by atoms with van der Waals surface area (Å²) in [7, 11) is 0. The molecule has 2 aromatic carbocycles. The van der Waals surface area contributed by atoms with Gasteiger partial charge in [0.1, 0.15) is 17.1 Å². The van der Waals surface area contributed by atoms with Gasteiger partial charge in [0.15, 0.2) is 6.29 Å². The Morgan fingerprint density at radius 2 is 1.89 bits per heavy atom. The van der Waals surface area contributed by atoms with Crippen LogP contribution in [-0.4, -0.2) is 12.3 Å². The standard InChI is InChI=1S/C14H8ClFO3/c15-10-5-3-6-11(16)13(10)14(18)19-12-7-2-1-4-9(12)8-17/h1-8H. The molecule has 0 saturated heterocycles. The predicted octanol–water partition coefficient (Wildman–Crippen LogP) is 3.51. The fraction of sp³-hybridized carbons (Fsp3) is 0. The van der Waals surface area contributed by atoms with Gasteiger partial charge in [0.25, 0.3) is 0 Å². The van der Waals surface area contributed by atoms with Crippen LogP contribution in [0.4, 0.5) is 4.39 Å². The quantitative estimate of drug-likeness (QED) is 0.490. The van der Waals surface area contributed by atoms with Crippen LogP contribution in [0.2, 0.25) is 5.02 Å². The van der Waals surface area contributed by atoms with Crippen LogP contribution < -0.4 is 4.74 Å². The van der Waals surface area contributed by atoms with E-state index in [9.17, 15) is 14.0 Å². The third kappa shape index (κ3) is 2.80. The molecule has 0 atom stereocenters. The molecule has 0 bridgehead atoms. The molecule has 0 aliphatic heterocycles. The number of ether oxygens (including phenoxy) is 1. The Balaban J connectivity index is 2.34. The van der Waals surface area contributed by atoms with Crippen LogP contribution in [-0.2, 0) is 0 Å². The number of benzene rings is 2. The second-order valence-electron chi connectivity index (χ2n) is 3.64. The zero-order chi connectivity index (χ0) is 13.8. The van der Waals surface area contributed by atoms with Gasteiger partial charge in [-0.05, 0) is 24.3 Å². The molecule has 0 radical (unpaired) electrons. The summed E-state index contributed by atoms with van der Waals surface area (Å²) in [6.45, 7) is 0. The molecule has 0 aliphatic rings. The number of para-hydroxylation sites is 1. The molecule has 3 nitrogen and oxygen atoms in total. The van der Waals surface area contributed by atoms with Crippen molar-refractivity contribution in [3.63, 3.8) is 0 Å². The normalized spacial score (nSPS) is 10.0. The number of aldehydes is 1. The van der Waals surface area contributed by atoms with Crippen molar-refractivity contribution < 1.29 is 18.7 Å². The highest BCUT2D eigenvalue weighted by Crippen LogP contribution is 2.23. The van der Waals surface area contributed by atoms with Crippen molar-refractivity contribution in [2.24, 2.45) is 0 Å². The van der Waals surface area contributed by atoms with Gasteiger partial charge in [-0.1, -0.05) is 29.8 Å². The average Bonchev–Trinajstić information content (AvgIpc) is 2.39. The first-order valence-electron chi connectivity index (χ1n) is 5.34. The molecule has 2 aromatic rings. The number of carbonyl (C=O) groups excluding carboxylic acids is 2. The Bertz CT molecular complexity index is 620. The minimum Gasteiger partial charge on any atom is -0.422 e. The van der Waals surface area contributed by atoms with Crippen LogP contribution in [0.15, 0.2) is 42.5 Å². The summed E-state index contributed by atoms with van der Waals surface area (Å²) in [5.41, 5.74) is -0.159. The molecule has 2 rings (SSSR count). The minimum absolute atomic E-state index is 0.0476. The lowest BCUT2D eigenvalue weighted by Crippen LogP contribution is -2.12. The van der Waals surface area contributed by atoms with E-state index in [1.165, 1.54) is 24.3 Å². The third-order valence-electron chi connectivity index (χ3n) is 2.42. The molecule has 0 aliphatic carbocycles. The highest BCUT2D eigenvalue weighted by Gasteiger charge is 2.18. The SMILES string of the molecule is O=Cc1ccccc1OC(=O)c1c(F)cccc1Cl. The zero-order valence-electron chi connectivity index (χ0n) is 9.60. The van der Waals surface area contributed by atoms with Crippen LogP contribution in [0, 0.1) is 5.82 Å². The van der Waals surface area contributed by atoms with E-state index in [1.54, 1.807) is 12.1 Å². The lowest BCUT2D eigenvalue weighted by molar-refractivity contribution is 0.0729. The topological polar surface area (TPSA) is 43.4 Å². The Morgan fingerprint density at radius 3 is 2.58 bits per heavy atom. The molecule has 96 valence electrons. The fourth-order valence-corrected chi connectivity index (χ4v) is 1.75. The summed E-state index contributed by atoms with van der Waals surface area (Å²) in [4.78, 5) is 22.6. The maximum atomic E-state index is 13.5. The van der Waals surface area contributed by atoms with Gasteiger partial charge in [-0.25, -0.2) is 9.18 Å². The van der Waals surface area contributed by atoms with Gasteiger partial charge in [-0.2, -0.15) is 0 Å². The van der Waals surface area contributed by atoms with Crippen molar-refractivity contribution in [1.82, 2.24) is 0 Å². The van der Waals surface area contributed by atoms with Gasteiger partial charge in [0.2, 0.25) is 0 Å². The first-order valence-corrected chi connectivity index (χ1v) is 5.71. The Kier molecular flexibility index (Phi) is 3.92. The number of carbonyl (C=O) groups is 2. The second-order valence-corrected chi connectivity index (χ2v) is 4.05. The van der Waals surface area contributed by atoms with E-state index in [0.717, 1.165) is 6.07 Å². The van der Waals surface area contributed by atoms with Crippen LogP contribution >= 0.6 is 11.6 Å². The minimum atomic E-state index is -0.947. The van der Waals surface area contributed by atoms with Gasteiger partial charge in [0, 0.05) is 0 Å². The monoisotopic (exact) mass is 278 g/mol. The summed E-state index contributed by atoms with van der Waals surface area (Å²) >= 11 is 5.75. The predicted molar refractivity (Wildman–Crippen MR) is 68.2 cm³/mol. The van der Waals surface area contributed by atoms with Crippen molar-refractivity contribution in [3.05, 3.63) is 64.4 Å². The van der Waals surface area contributed by atoms with Crippen LogP contribution in [0.5, 0.6) is 5.75 Å². The molecule has 0 amide bonds. The molecule has 0 heterocycles. The smallest absolute Gasteiger partial charge is 0.348 e. The second kappa shape index (κ2) is 5.63. The van der Waals surface area contributed by atoms with E-state index < -0.39 is 11.8 Å². The molecule has 0 fully saturated rings. The van der Waals surface area contributed by atoms with E-state index in [4.69, 9.17) is 16.3 Å². The number of rotatable bonds is 3. The number of hydrogen-bond acceptors (Lipinski definition) is 3. The Hall–Kier alpha value is -2.20. The van der Waals surface area contributed by atoms with Crippen LogP contribution in [0.3, 0.4) is 0 Å². The van der Waals surface area contributed by atoms with Gasteiger partial charge >= 0.3 is 5.97 Å². The summed E-state index contributed by atoms with van der Waals surface area (Å²) in [5, 5.41) is -0.0476. The summed E-state index contributed by atoms with van der Waals surface area (Å²) in [6, 6.07) is 10.0. The van der Waals surface area contributed by atoms with Gasteiger partial charge in [0.05, 0.1) is 10.6 Å². The van der Waals surface area contributed by atoms with Crippen molar-refractivity contribution in [3.8, 4) is 5.75 Å². The van der Waals surface area contributed by atoms with E-state index in [0.29, 0.717) is 6.29 Å². The third-order valence-corrected chi connectivity index (χ3v) is 2.73. The van der Waals surface area contributed by atoms with E-state index >= 15 is 0 Å². The highest BCUT2D eigenvalue weighted by atomic mass is 35.5. The number of esters is 1. The maximum Gasteiger partial charge on any atom is 0.348 e. The largest absolute Gasteiger partial charge is 0.422 e. The molecular weight excluding hydrogens is 271 g/mol. The lowest BCUT2D eigenvalue weighted by atomic mass is 10.2. The number of halogens is 2. The first kappa shape index (κ1) is 13.2. The first-order chi connectivity index (χ1) is 9.13. The molecule has 0 saturated carbocycles. The van der Waals surface area contributed by atoms with Crippen molar-refractivity contribution in [1.29, 1.82) is 0 Å². The molecular formula is C14H8ClFO3. The molecule has 0 spiro atoms. The van der Waals surface area contributed by atoms with Crippen molar-refractivity contribution in [2.45, 2.75) is 0 Å². The van der Waals surface area contributed by atoms with Gasteiger partial charge < -0.3 is 4.74 Å². The molecule has 19 heavy (non-hydrogen) atoms. The average molecular weight is 279 g/mol. The van der Waals surface area contributed by atoms with Crippen molar-refractivity contribution in [2.75, 3.05) is 0 Å². The molecule has 0 aromatic heterocycles. The van der Waals surface area contributed by atoms with E-state index in [1.807, 2.05) is 0 Å². The summed E-state index contributed by atoms with van der Waals surface area (Å²) < 4.78 is 18.5. The molecule has 5 heteroatoms. The maximum absolute atomic E-state index is 13.5. The van der Waals surface area contributed by atoms with E-state index in [2.05, 4.69) is 0 Å².